The lowest BCUT2D eigenvalue weighted by molar-refractivity contribution is -0.384. The molecule has 2 N–H and O–H groups in total. The summed E-state index contributed by atoms with van der Waals surface area (Å²) in [6.45, 7) is 2.06. The smallest absolute Gasteiger partial charge is 0.343 e. The number of carbonyl (C=O) groups excluding carboxylic acids is 2. The van der Waals surface area contributed by atoms with Crippen molar-refractivity contribution in [1.82, 2.24) is 10.4 Å². The normalized spacial score (nSPS) is 11.0. The number of amides is 1. The number of hydrogen-bond donors (Lipinski definition) is 2. The number of carbonyl (C=O) groups is 2. The fourth-order valence-corrected chi connectivity index (χ4v) is 4.96. The highest BCUT2D eigenvalue weighted by molar-refractivity contribution is 6.40. The lowest BCUT2D eigenvalue weighted by atomic mass is 10.0. The molecule has 0 radical (unpaired) electrons. The molecule has 0 aliphatic rings. The average molecular weight is 617 g/mol. The van der Waals surface area contributed by atoms with Gasteiger partial charge in [0.05, 0.1) is 28.3 Å². The molecular formula is C31H22Cl2N4O6. The van der Waals surface area contributed by atoms with E-state index in [0.29, 0.717) is 32.1 Å². The number of rotatable bonds is 9. The van der Waals surface area contributed by atoms with E-state index in [1.165, 1.54) is 36.5 Å². The van der Waals surface area contributed by atoms with Gasteiger partial charge in [-0.3, -0.25) is 14.9 Å². The molecule has 0 bridgehead atoms. The summed E-state index contributed by atoms with van der Waals surface area (Å²) in [4.78, 5) is 39.3. The number of ether oxygens (including phenoxy) is 2. The van der Waals surface area contributed by atoms with E-state index in [9.17, 15) is 19.7 Å². The zero-order chi connectivity index (χ0) is 30.5. The highest BCUT2D eigenvalue weighted by Crippen LogP contribution is 2.38. The van der Waals surface area contributed by atoms with E-state index in [-0.39, 0.29) is 35.1 Å². The van der Waals surface area contributed by atoms with E-state index in [2.05, 4.69) is 15.5 Å². The second-order valence-corrected chi connectivity index (χ2v) is 9.93. The molecule has 1 aromatic heterocycles. The molecule has 216 valence electrons. The average Bonchev–Trinajstić information content (AvgIpc) is 3.39. The fourth-order valence-electron chi connectivity index (χ4n) is 4.37. The molecule has 1 heterocycles. The maximum atomic E-state index is 13.3. The van der Waals surface area contributed by atoms with Crippen LogP contribution in [0.3, 0.4) is 0 Å². The van der Waals surface area contributed by atoms with Gasteiger partial charge in [0.15, 0.2) is 11.5 Å². The Morgan fingerprint density at radius 1 is 1.00 bits per heavy atom. The number of hydrazone groups is 1. The SMILES string of the molecule is CCOc1cc(C=NNC(=O)c2[nH]c3cc(Cl)cc(Cl)c3c2-c2ccccc2)ccc1OC(=O)c1ccc([N+](=O)[O-])cc1. The fraction of sp³-hybridized carbons (Fsp3) is 0.0645. The molecule has 5 aromatic rings. The first-order valence-electron chi connectivity index (χ1n) is 12.9. The van der Waals surface area contributed by atoms with E-state index in [4.69, 9.17) is 32.7 Å². The van der Waals surface area contributed by atoms with Gasteiger partial charge in [-0.25, -0.2) is 10.2 Å². The monoisotopic (exact) mass is 616 g/mol. The number of non-ortho nitro benzene ring substituents is 1. The van der Waals surface area contributed by atoms with E-state index in [0.717, 1.165) is 5.56 Å². The van der Waals surface area contributed by atoms with Gasteiger partial charge in [-0.15, -0.1) is 0 Å². The summed E-state index contributed by atoms with van der Waals surface area (Å²) in [5.41, 5.74) is 5.33. The van der Waals surface area contributed by atoms with Crippen LogP contribution in [0, 0.1) is 10.1 Å². The first-order chi connectivity index (χ1) is 20.7. The molecular weight excluding hydrogens is 595 g/mol. The van der Waals surface area contributed by atoms with Gasteiger partial charge in [-0.2, -0.15) is 5.10 Å². The van der Waals surface area contributed by atoms with Crippen LogP contribution in [0.15, 0.2) is 90.0 Å². The number of nitro benzene ring substituents is 1. The quantitative estimate of drug-likeness (QED) is 0.0581. The molecule has 12 heteroatoms. The lowest BCUT2D eigenvalue weighted by Crippen LogP contribution is -2.18. The number of fused-ring (bicyclic) bond motifs is 1. The number of H-pyrrole nitrogens is 1. The van der Waals surface area contributed by atoms with Crippen molar-refractivity contribution in [3.05, 3.63) is 122 Å². The Labute approximate surface area is 255 Å². The first kappa shape index (κ1) is 29.3. The Morgan fingerprint density at radius 3 is 2.44 bits per heavy atom. The van der Waals surface area contributed by atoms with Crippen molar-refractivity contribution in [3.8, 4) is 22.6 Å². The summed E-state index contributed by atoms with van der Waals surface area (Å²) >= 11 is 12.7. The van der Waals surface area contributed by atoms with Gasteiger partial charge in [-0.1, -0.05) is 53.5 Å². The number of esters is 1. The van der Waals surface area contributed by atoms with E-state index >= 15 is 0 Å². The minimum atomic E-state index is -0.710. The molecule has 43 heavy (non-hydrogen) atoms. The van der Waals surface area contributed by atoms with Crippen LogP contribution in [0.1, 0.15) is 33.3 Å². The minimum absolute atomic E-state index is 0.136. The lowest BCUT2D eigenvalue weighted by Gasteiger charge is -2.11. The topological polar surface area (TPSA) is 136 Å². The maximum absolute atomic E-state index is 13.3. The van der Waals surface area contributed by atoms with Gasteiger partial charge in [0.2, 0.25) is 0 Å². The summed E-state index contributed by atoms with van der Waals surface area (Å²) < 4.78 is 11.1. The van der Waals surface area contributed by atoms with E-state index in [1.807, 2.05) is 30.3 Å². The van der Waals surface area contributed by atoms with Crippen LogP contribution in [0.2, 0.25) is 10.0 Å². The Balaban J connectivity index is 1.36. The molecule has 10 nitrogen and oxygen atoms in total. The molecule has 0 spiro atoms. The summed E-state index contributed by atoms with van der Waals surface area (Å²) in [6, 6.07) is 22.5. The third-order valence-electron chi connectivity index (χ3n) is 6.27. The van der Waals surface area contributed by atoms with E-state index < -0.39 is 16.8 Å². The Kier molecular flexibility index (Phi) is 8.70. The third kappa shape index (κ3) is 6.50. The molecule has 0 saturated heterocycles. The van der Waals surface area contributed by atoms with Gasteiger partial charge >= 0.3 is 5.97 Å². The van der Waals surface area contributed by atoms with Crippen molar-refractivity contribution in [2.24, 2.45) is 5.10 Å². The first-order valence-corrected chi connectivity index (χ1v) is 13.6. The molecule has 0 unspecified atom stereocenters. The molecule has 5 rings (SSSR count). The zero-order valence-corrected chi connectivity index (χ0v) is 24.0. The molecule has 0 atom stereocenters. The van der Waals surface area contributed by atoms with Crippen LogP contribution in [-0.2, 0) is 0 Å². The van der Waals surface area contributed by atoms with Crippen molar-refractivity contribution in [2.45, 2.75) is 6.92 Å². The number of nitro groups is 1. The van der Waals surface area contributed by atoms with Crippen LogP contribution in [-0.4, -0.2) is 34.6 Å². The van der Waals surface area contributed by atoms with Gasteiger partial charge < -0.3 is 14.5 Å². The van der Waals surface area contributed by atoms with E-state index in [1.54, 1.807) is 31.2 Å². The van der Waals surface area contributed by atoms with Crippen LogP contribution >= 0.6 is 23.2 Å². The summed E-state index contributed by atoms with van der Waals surface area (Å²) in [5.74, 6) is -0.801. The van der Waals surface area contributed by atoms with Crippen molar-refractivity contribution in [2.75, 3.05) is 6.61 Å². The number of nitrogens with zero attached hydrogens (tertiary/aromatic N) is 2. The predicted molar refractivity (Wildman–Crippen MR) is 164 cm³/mol. The standard InChI is InChI=1S/C31H22Cl2N4O6/c1-2-42-26-14-18(8-13-25(26)43-31(39)20-9-11-22(12-10-20)37(40)41)17-34-36-30(38)29-27(19-6-4-3-5-7-19)28-23(33)15-21(32)16-24(28)35-29/h3-17,35H,2H2,1H3,(H,36,38). The molecule has 1 amide bonds. The van der Waals surface area contributed by atoms with Crippen molar-refractivity contribution in [3.63, 3.8) is 0 Å². The molecule has 0 aliphatic carbocycles. The highest BCUT2D eigenvalue weighted by atomic mass is 35.5. The van der Waals surface area contributed by atoms with Gasteiger partial charge in [0, 0.05) is 33.6 Å². The van der Waals surface area contributed by atoms with Crippen molar-refractivity contribution < 1.29 is 24.0 Å². The Bertz CT molecular complexity index is 1870. The Hall–Kier alpha value is -5.19. The predicted octanol–water partition coefficient (Wildman–Crippen LogP) is 7.43. The van der Waals surface area contributed by atoms with Crippen LogP contribution in [0.4, 0.5) is 5.69 Å². The van der Waals surface area contributed by atoms with Gasteiger partial charge in [0.25, 0.3) is 11.6 Å². The second-order valence-electron chi connectivity index (χ2n) is 9.08. The molecule has 0 aliphatic heterocycles. The number of nitrogens with one attached hydrogen (secondary N) is 2. The van der Waals surface area contributed by atoms with Crippen LogP contribution in [0.5, 0.6) is 11.5 Å². The summed E-state index contributed by atoms with van der Waals surface area (Å²) in [7, 11) is 0. The third-order valence-corrected chi connectivity index (χ3v) is 6.78. The zero-order valence-electron chi connectivity index (χ0n) is 22.5. The molecule has 0 fully saturated rings. The molecule has 0 saturated carbocycles. The molecule has 4 aromatic carbocycles. The van der Waals surface area contributed by atoms with Gasteiger partial charge in [-0.05, 0) is 60.5 Å². The van der Waals surface area contributed by atoms with Crippen molar-refractivity contribution in [1.29, 1.82) is 0 Å². The van der Waals surface area contributed by atoms with Crippen LogP contribution < -0.4 is 14.9 Å². The number of benzene rings is 4. The highest BCUT2D eigenvalue weighted by Gasteiger charge is 2.21. The number of halogens is 2. The van der Waals surface area contributed by atoms with Crippen LogP contribution in [0.25, 0.3) is 22.0 Å². The minimum Gasteiger partial charge on any atom is -0.490 e. The largest absolute Gasteiger partial charge is 0.490 e. The maximum Gasteiger partial charge on any atom is 0.343 e. The number of aromatic nitrogens is 1. The Morgan fingerprint density at radius 2 is 1.74 bits per heavy atom. The summed E-state index contributed by atoms with van der Waals surface area (Å²) in [5, 5.41) is 16.5. The number of hydrogen-bond acceptors (Lipinski definition) is 7. The van der Waals surface area contributed by atoms with Gasteiger partial charge in [0.1, 0.15) is 5.69 Å². The van der Waals surface area contributed by atoms with Crippen molar-refractivity contribution >= 4 is 57.9 Å². The number of aromatic amines is 1. The second kappa shape index (κ2) is 12.8. The summed E-state index contributed by atoms with van der Waals surface area (Å²) in [6.07, 6.45) is 1.41.